The Hall–Kier alpha value is -3.81. The van der Waals surface area contributed by atoms with Gasteiger partial charge >= 0.3 is 5.69 Å². The molecule has 0 unspecified atom stereocenters. The Kier molecular flexibility index (Phi) is 4.67. The lowest BCUT2D eigenvalue weighted by Gasteiger charge is -2.06. The van der Waals surface area contributed by atoms with Crippen LogP contribution in [-0.2, 0) is 6.54 Å². The van der Waals surface area contributed by atoms with E-state index < -0.39 is 17.3 Å². The number of rotatable bonds is 5. The smallest absolute Gasteiger partial charge is 0.350 e. The number of hydrogen-bond donors (Lipinski definition) is 0. The van der Waals surface area contributed by atoms with Crippen LogP contribution in [0.4, 0.5) is 8.78 Å². The largest absolute Gasteiger partial charge is 0.457 e. The maximum Gasteiger partial charge on any atom is 0.350 e. The lowest BCUT2D eigenvalue weighted by molar-refractivity contribution is 0.481. The average Bonchev–Trinajstić information content (AvgIpc) is 3.07. The molecule has 2 heterocycles. The highest BCUT2D eigenvalue weighted by Crippen LogP contribution is 2.21. The van der Waals surface area contributed by atoms with E-state index in [-0.39, 0.29) is 12.1 Å². The van der Waals surface area contributed by atoms with Gasteiger partial charge in [0.25, 0.3) is 0 Å². The molecule has 2 aromatic carbocycles. The van der Waals surface area contributed by atoms with Gasteiger partial charge in [0.05, 0.1) is 12.2 Å². The minimum Gasteiger partial charge on any atom is -0.457 e. The predicted molar refractivity (Wildman–Crippen MR) is 97.6 cm³/mol. The summed E-state index contributed by atoms with van der Waals surface area (Å²) in [7, 11) is 0. The van der Waals surface area contributed by atoms with Crippen molar-refractivity contribution in [3.05, 3.63) is 101 Å². The molecule has 4 rings (SSSR count). The molecule has 8 heteroatoms. The van der Waals surface area contributed by atoms with E-state index in [4.69, 9.17) is 4.74 Å². The van der Waals surface area contributed by atoms with Crippen molar-refractivity contribution in [1.29, 1.82) is 0 Å². The molecule has 140 valence electrons. The third kappa shape index (κ3) is 3.52. The van der Waals surface area contributed by atoms with Crippen molar-refractivity contribution in [1.82, 2.24) is 19.3 Å². The summed E-state index contributed by atoms with van der Waals surface area (Å²) in [4.78, 5) is 16.5. The van der Waals surface area contributed by atoms with Gasteiger partial charge in [-0.3, -0.25) is 9.55 Å². The number of aromatic nitrogens is 4. The maximum absolute atomic E-state index is 13.8. The second kappa shape index (κ2) is 7.43. The van der Waals surface area contributed by atoms with Crippen molar-refractivity contribution in [3.63, 3.8) is 0 Å². The molecule has 0 bridgehead atoms. The zero-order chi connectivity index (χ0) is 19.5. The van der Waals surface area contributed by atoms with Crippen molar-refractivity contribution < 1.29 is 13.5 Å². The Balaban J connectivity index is 1.56. The number of nitrogens with zero attached hydrogens (tertiary/aromatic N) is 4. The average molecular weight is 380 g/mol. The normalized spacial score (nSPS) is 10.8. The third-order valence-corrected chi connectivity index (χ3v) is 4.09. The van der Waals surface area contributed by atoms with Gasteiger partial charge in [0.1, 0.15) is 29.5 Å². The van der Waals surface area contributed by atoms with Gasteiger partial charge in [-0.25, -0.2) is 13.6 Å². The highest BCUT2D eigenvalue weighted by molar-refractivity contribution is 5.38. The summed E-state index contributed by atoms with van der Waals surface area (Å²) >= 11 is 0. The number of hydrogen-bond acceptors (Lipinski definition) is 4. The van der Waals surface area contributed by atoms with Crippen molar-refractivity contribution in [2.75, 3.05) is 0 Å². The first-order chi connectivity index (χ1) is 13.6. The van der Waals surface area contributed by atoms with Crippen LogP contribution in [0.2, 0.25) is 0 Å². The molecular weight excluding hydrogens is 366 g/mol. The second-order valence-electron chi connectivity index (χ2n) is 5.93. The van der Waals surface area contributed by atoms with Gasteiger partial charge in [-0.15, -0.1) is 0 Å². The lowest BCUT2D eigenvalue weighted by atomic mass is 10.2. The van der Waals surface area contributed by atoms with E-state index in [0.717, 1.165) is 21.4 Å². The van der Waals surface area contributed by atoms with Crippen molar-refractivity contribution in [2.24, 2.45) is 0 Å². The molecule has 0 saturated heterocycles. The summed E-state index contributed by atoms with van der Waals surface area (Å²) in [6, 6.07) is 13.7. The van der Waals surface area contributed by atoms with Crippen molar-refractivity contribution in [2.45, 2.75) is 6.54 Å². The summed E-state index contributed by atoms with van der Waals surface area (Å²) in [5, 5.41) is 4.03. The number of halogens is 2. The third-order valence-electron chi connectivity index (χ3n) is 4.09. The topological polar surface area (TPSA) is 61.9 Å². The zero-order valence-corrected chi connectivity index (χ0v) is 14.5. The zero-order valence-electron chi connectivity index (χ0n) is 14.5. The Morgan fingerprint density at radius 1 is 0.893 bits per heavy atom. The molecule has 0 fully saturated rings. The van der Waals surface area contributed by atoms with Gasteiger partial charge in [0.2, 0.25) is 0 Å². The summed E-state index contributed by atoms with van der Waals surface area (Å²) < 4.78 is 35.6. The van der Waals surface area contributed by atoms with Gasteiger partial charge in [0.15, 0.2) is 0 Å². The molecule has 6 nitrogen and oxygen atoms in total. The first-order valence-corrected chi connectivity index (χ1v) is 8.37. The van der Waals surface area contributed by atoms with Gasteiger partial charge in [0, 0.05) is 18.0 Å². The minimum absolute atomic E-state index is 0.190. The van der Waals surface area contributed by atoms with E-state index in [1.165, 1.54) is 12.4 Å². The van der Waals surface area contributed by atoms with Crippen LogP contribution in [0.15, 0.2) is 78.1 Å². The fraction of sp³-hybridized carbons (Fsp3) is 0.0500. The Morgan fingerprint density at radius 3 is 2.21 bits per heavy atom. The van der Waals surface area contributed by atoms with E-state index in [0.29, 0.717) is 17.2 Å². The van der Waals surface area contributed by atoms with Gasteiger partial charge in [-0.05, 0) is 48.5 Å². The van der Waals surface area contributed by atoms with Crippen LogP contribution in [0.5, 0.6) is 11.5 Å². The molecule has 0 spiro atoms. The maximum atomic E-state index is 13.8. The Labute approximate surface area is 158 Å². The second-order valence-corrected chi connectivity index (χ2v) is 5.93. The van der Waals surface area contributed by atoms with Crippen molar-refractivity contribution in [3.8, 4) is 17.2 Å². The Bertz CT molecular complexity index is 1130. The fourth-order valence-corrected chi connectivity index (χ4v) is 2.67. The molecule has 0 saturated carbocycles. The molecule has 0 amide bonds. The van der Waals surface area contributed by atoms with Crippen LogP contribution in [0.1, 0.15) is 5.56 Å². The predicted octanol–water partition coefficient (Wildman–Crippen LogP) is 3.55. The SMILES string of the molecule is O=c1n(Cc2c(F)cccc2F)cnn1-c1ccc(Oc2ccncc2)cc1. The molecule has 0 atom stereocenters. The lowest BCUT2D eigenvalue weighted by Crippen LogP contribution is -2.24. The van der Waals surface area contributed by atoms with E-state index in [1.54, 1.807) is 48.8 Å². The molecule has 0 N–H and O–H groups in total. The fourth-order valence-electron chi connectivity index (χ4n) is 2.67. The summed E-state index contributed by atoms with van der Waals surface area (Å²) in [6.45, 7) is -0.249. The molecule has 0 aliphatic rings. The van der Waals surface area contributed by atoms with Crippen LogP contribution >= 0.6 is 0 Å². The molecule has 0 radical (unpaired) electrons. The van der Waals surface area contributed by atoms with Gasteiger partial charge in [-0.2, -0.15) is 9.78 Å². The monoisotopic (exact) mass is 380 g/mol. The van der Waals surface area contributed by atoms with Gasteiger partial charge < -0.3 is 4.74 Å². The van der Waals surface area contributed by atoms with Crippen LogP contribution in [0.3, 0.4) is 0 Å². The van der Waals surface area contributed by atoms with Gasteiger partial charge in [-0.1, -0.05) is 6.07 Å². The molecule has 0 aliphatic heterocycles. The van der Waals surface area contributed by atoms with Crippen LogP contribution < -0.4 is 10.4 Å². The van der Waals surface area contributed by atoms with Crippen molar-refractivity contribution >= 4 is 0 Å². The first kappa shape index (κ1) is 17.6. The van der Waals surface area contributed by atoms with Crippen LogP contribution in [-0.4, -0.2) is 19.3 Å². The summed E-state index contributed by atoms with van der Waals surface area (Å²) in [5.41, 5.74) is -0.199. The number of pyridine rings is 1. The highest BCUT2D eigenvalue weighted by atomic mass is 19.1. The molecule has 28 heavy (non-hydrogen) atoms. The molecule has 0 aliphatic carbocycles. The van der Waals surface area contributed by atoms with E-state index in [2.05, 4.69) is 10.1 Å². The summed E-state index contributed by atoms with van der Waals surface area (Å²) in [5.74, 6) is -0.207. The van der Waals surface area contributed by atoms with E-state index in [9.17, 15) is 13.6 Å². The van der Waals surface area contributed by atoms with E-state index in [1.807, 2.05) is 0 Å². The molecular formula is C20H14F2N4O2. The van der Waals surface area contributed by atoms with Crippen LogP contribution in [0, 0.1) is 11.6 Å². The standard InChI is InChI=1S/C20H14F2N4O2/c21-18-2-1-3-19(22)17(18)12-25-13-24-26(20(25)27)14-4-6-15(7-5-14)28-16-8-10-23-11-9-16/h1-11,13H,12H2. The quantitative estimate of drug-likeness (QED) is 0.531. The highest BCUT2D eigenvalue weighted by Gasteiger charge is 2.13. The number of ether oxygens (including phenoxy) is 1. The Morgan fingerprint density at radius 2 is 1.54 bits per heavy atom. The molecule has 4 aromatic rings. The molecule has 2 aromatic heterocycles. The first-order valence-electron chi connectivity index (χ1n) is 8.37. The summed E-state index contributed by atoms with van der Waals surface area (Å²) in [6.07, 6.45) is 4.48. The van der Waals surface area contributed by atoms with E-state index >= 15 is 0 Å². The number of benzene rings is 2. The van der Waals surface area contributed by atoms with Crippen LogP contribution in [0.25, 0.3) is 5.69 Å². The minimum atomic E-state index is -0.711.